The van der Waals surface area contributed by atoms with Crippen molar-refractivity contribution < 1.29 is 14.6 Å². The number of aliphatic hydroxyl groups excluding tert-OH is 1. The molecule has 0 fully saturated rings. The molecule has 2 aromatic carbocycles. The van der Waals surface area contributed by atoms with Crippen LogP contribution < -0.4 is 4.74 Å². The fraction of sp³-hybridized carbons (Fsp3) is 0.286. The van der Waals surface area contributed by atoms with Crippen LogP contribution in [0, 0.1) is 5.92 Å². The normalized spacial score (nSPS) is 12.3. The third kappa shape index (κ3) is 6.23. The molecule has 0 bridgehead atoms. The van der Waals surface area contributed by atoms with Crippen molar-refractivity contribution in [2.24, 2.45) is 5.92 Å². The number of hydrogen-bond donors (Lipinski definition) is 1. The summed E-state index contributed by atoms with van der Waals surface area (Å²) in [6.07, 6.45) is 5.42. The average Bonchev–Trinajstić information content (AvgIpc) is 3.26. The van der Waals surface area contributed by atoms with Crippen LogP contribution in [-0.4, -0.2) is 33.0 Å². The molecular formula is C28H28Cl2N2O3. The zero-order valence-corrected chi connectivity index (χ0v) is 21.3. The number of carbonyl (C=O) groups excluding carboxylic acids is 1. The largest absolute Gasteiger partial charge is 0.489 e. The van der Waals surface area contributed by atoms with Crippen LogP contribution in [0.4, 0.5) is 0 Å². The van der Waals surface area contributed by atoms with Gasteiger partial charge in [0.15, 0.2) is 11.4 Å². The first-order valence-electron chi connectivity index (χ1n) is 11.7. The van der Waals surface area contributed by atoms with Crippen LogP contribution in [-0.2, 0) is 6.42 Å². The number of imidazole rings is 1. The third-order valence-corrected chi connectivity index (χ3v) is 6.43. The van der Waals surface area contributed by atoms with Crippen molar-refractivity contribution in [3.63, 3.8) is 0 Å². The molecule has 0 aliphatic carbocycles. The van der Waals surface area contributed by atoms with E-state index in [0.29, 0.717) is 40.6 Å². The van der Waals surface area contributed by atoms with Crippen molar-refractivity contribution in [3.8, 4) is 17.0 Å². The second kappa shape index (κ2) is 11.3. The summed E-state index contributed by atoms with van der Waals surface area (Å²) in [5, 5.41) is 10.6. The van der Waals surface area contributed by atoms with Gasteiger partial charge < -0.3 is 14.2 Å². The molecule has 4 aromatic rings. The van der Waals surface area contributed by atoms with Gasteiger partial charge in [0.05, 0.1) is 21.8 Å². The molecule has 0 amide bonds. The second-order valence-electron chi connectivity index (χ2n) is 8.93. The van der Waals surface area contributed by atoms with Gasteiger partial charge in [-0.15, -0.1) is 0 Å². The number of rotatable bonds is 10. The molecule has 35 heavy (non-hydrogen) atoms. The fourth-order valence-corrected chi connectivity index (χ4v) is 4.56. The van der Waals surface area contributed by atoms with Gasteiger partial charge in [0.2, 0.25) is 0 Å². The number of fused-ring (bicyclic) bond motifs is 1. The molecule has 2 heterocycles. The van der Waals surface area contributed by atoms with Crippen LogP contribution in [0.3, 0.4) is 0 Å². The van der Waals surface area contributed by atoms with E-state index in [4.69, 9.17) is 27.9 Å². The van der Waals surface area contributed by atoms with E-state index in [-0.39, 0.29) is 24.4 Å². The van der Waals surface area contributed by atoms with Gasteiger partial charge in [-0.05, 0) is 68.5 Å². The number of halogens is 2. The zero-order valence-electron chi connectivity index (χ0n) is 19.7. The van der Waals surface area contributed by atoms with E-state index >= 15 is 0 Å². The molecule has 0 aliphatic heterocycles. The summed E-state index contributed by atoms with van der Waals surface area (Å²) in [4.78, 5) is 17.6. The number of ketones is 1. The average molecular weight is 511 g/mol. The van der Waals surface area contributed by atoms with Gasteiger partial charge in [-0.3, -0.25) is 4.79 Å². The van der Waals surface area contributed by atoms with Gasteiger partial charge in [0, 0.05) is 36.5 Å². The Labute approximate surface area is 215 Å². The number of benzene rings is 2. The summed E-state index contributed by atoms with van der Waals surface area (Å²) >= 11 is 12.6. The van der Waals surface area contributed by atoms with Crippen LogP contribution >= 0.6 is 23.2 Å². The fourth-order valence-electron chi connectivity index (χ4n) is 4.13. The lowest BCUT2D eigenvalue weighted by molar-refractivity contribution is 0.0953. The summed E-state index contributed by atoms with van der Waals surface area (Å²) in [6.45, 7) is 3.88. The summed E-state index contributed by atoms with van der Waals surface area (Å²) in [5.41, 5.74) is 4.20. The highest BCUT2D eigenvalue weighted by atomic mass is 35.5. The van der Waals surface area contributed by atoms with Gasteiger partial charge >= 0.3 is 0 Å². The molecular weight excluding hydrogens is 483 g/mol. The Balaban J connectivity index is 1.44. The van der Waals surface area contributed by atoms with E-state index < -0.39 is 0 Å². The lowest BCUT2D eigenvalue weighted by atomic mass is 9.89. The molecule has 0 radical (unpaired) electrons. The molecule has 0 unspecified atom stereocenters. The number of carbonyl (C=O) groups is 1. The number of aromatic nitrogens is 2. The third-order valence-electron chi connectivity index (χ3n) is 5.84. The van der Waals surface area contributed by atoms with E-state index in [1.807, 2.05) is 67.0 Å². The summed E-state index contributed by atoms with van der Waals surface area (Å²) < 4.78 is 7.56. The topological polar surface area (TPSA) is 63.8 Å². The van der Waals surface area contributed by atoms with E-state index in [1.165, 1.54) is 0 Å². The Morgan fingerprint density at radius 2 is 1.86 bits per heavy atom. The van der Waals surface area contributed by atoms with Crippen LogP contribution in [0.2, 0.25) is 10.0 Å². The molecule has 7 heteroatoms. The van der Waals surface area contributed by atoms with Gasteiger partial charge in [0.25, 0.3) is 0 Å². The van der Waals surface area contributed by atoms with Crippen LogP contribution in [0.5, 0.6) is 5.75 Å². The molecule has 0 saturated heterocycles. The molecule has 0 spiro atoms. The predicted molar refractivity (Wildman–Crippen MR) is 141 cm³/mol. The Hall–Kier alpha value is -2.86. The maximum Gasteiger partial charge on any atom is 0.163 e. The molecule has 5 nitrogen and oxygen atoms in total. The summed E-state index contributed by atoms with van der Waals surface area (Å²) in [7, 11) is 0. The molecule has 1 atom stereocenters. The summed E-state index contributed by atoms with van der Waals surface area (Å²) in [6, 6.07) is 17.0. The molecule has 2 aromatic heterocycles. The van der Waals surface area contributed by atoms with Gasteiger partial charge in [-0.2, -0.15) is 0 Å². The van der Waals surface area contributed by atoms with Crippen molar-refractivity contribution in [1.82, 2.24) is 9.38 Å². The Bertz CT molecular complexity index is 1320. The minimum atomic E-state index is -0.000328. The molecule has 0 saturated carbocycles. The summed E-state index contributed by atoms with van der Waals surface area (Å²) in [5.74, 6) is 0.579. The quantitative estimate of drug-likeness (QED) is 0.235. The molecule has 4 rings (SSSR count). The van der Waals surface area contributed by atoms with Crippen LogP contribution in [0.15, 0.2) is 67.0 Å². The minimum Gasteiger partial charge on any atom is -0.489 e. The maximum absolute atomic E-state index is 13.0. The highest BCUT2D eigenvalue weighted by Gasteiger charge is 2.18. The number of Topliss-reactive ketones (excluding diaryl/α,β-unsaturated/α-hetero) is 1. The molecule has 0 aliphatic rings. The van der Waals surface area contributed by atoms with Crippen molar-refractivity contribution in [3.05, 3.63) is 88.2 Å². The predicted octanol–water partition coefficient (Wildman–Crippen LogP) is 6.91. The van der Waals surface area contributed by atoms with E-state index in [0.717, 1.165) is 22.5 Å². The van der Waals surface area contributed by atoms with Gasteiger partial charge in [-0.1, -0.05) is 47.5 Å². The first-order chi connectivity index (χ1) is 16.8. The zero-order chi connectivity index (χ0) is 24.9. The Kier molecular flexibility index (Phi) is 8.11. The van der Waals surface area contributed by atoms with Gasteiger partial charge in [0.1, 0.15) is 5.75 Å². The van der Waals surface area contributed by atoms with Crippen molar-refractivity contribution in [2.75, 3.05) is 6.61 Å². The lowest BCUT2D eigenvalue weighted by Gasteiger charge is -2.16. The number of nitrogens with zero attached hydrogens (tertiary/aromatic N) is 2. The van der Waals surface area contributed by atoms with Crippen molar-refractivity contribution in [2.45, 2.75) is 39.2 Å². The first-order valence-corrected chi connectivity index (χ1v) is 12.4. The second-order valence-corrected chi connectivity index (χ2v) is 9.75. The highest BCUT2D eigenvalue weighted by molar-refractivity contribution is 6.33. The smallest absolute Gasteiger partial charge is 0.163 e. The first kappa shape index (κ1) is 25.2. The Morgan fingerprint density at radius 3 is 2.51 bits per heavy atom. The highest BCUT2D eigenvalue weighted by Crippen LogP contribution is 2.29. The Morgan fingerprint density at radius 1 is 1.09 bits per heavy atom. The number of aliphatic hydroxyl groups is 1. The molecule has 1 N–H and O–H groups in total. The lowest BCUT2D eigenvalue weighted by Crippen LogP contribution is -2.13. The van der Waals surface area contributed by atoms with Crippen molar-refractivity contribution in [1.29, 1.82) is 0 Å². The van der Waals surface area contributed by atoms with Gasteiger partial charge in [-0.25, -0.2) is 4.98 Å². The number of pyridine rings is 1. The van der Waals surface area contributed by atoms with Crippen molar-refractivity contribution >= 4 is 34.6 Å². The number of ether oxygens (including phenoxy) is 1. The molecule has 182 valence electrons. The standard InChI is InChI=1S/C28H28Cl2N2O3/c1-18(2)35-27-10-9-22(16-24(27)30)26(34)15-20(11-13-33)14-19-5-7-21(8-6-19)25-17-32-12-3-4-23(29)28(32)31-25/h3-10,12,16-18,20,33H,11,13-15H2,1-2H3/t20-/m1/s1. The maximum atomic E-state index is 13.0. The van der Waals surface area contributed by atoms with Crippen LogP contribution in [0.1, 0.15) is 42.6 Å². The SMILES string of the molecule is CC(C)Oc1ccc(C(=O)C[C@H](CCO)Cc2ccc(-c3cn4cccc(Cl)c4n3)cc2)cc1Cl. The van der Waals surface area contributed by atoms with E-state index in [2.05, 4.69) is 4.98 Å². The van der Waals surface area contributed by atoms with E-state index in [9.17, 15) is 9.90 Å². The van der Waals surface area contributed by atoms with Crippen LogP contribution in [0.25, 0.3) is 16.9 Å². The minimum absolute atomic E-state index is 0.000109. The number of hydrogen-bond acceptors (Lipinski definition) is 4. The monoisotopic (exact) mass is 510 g/mol. The van der Waals surface area contributed by atoms with E-state index in [1.54, 1.807) is 18.2 Å².